The van der Waals surface area contributed by atoms with Crippen molar-refractivity contribution >= 4 is 17.5 Å². The first-order valence-electron chi connectivity index (χ1n) is 9.93. The summed E-state index contributed by atoms with van der Waals surface area (Å²) in [6, 6.07) is 19.6. The smallest absolute Gasteiger partial charge is 0.236 e. The Kier molecular flexibility index (Phi) is 6.82. The molecule has 2 amide bonds. The summed E-state index contributed by atoms with van der Waals surface area (Å²) in [5.41, 5.74) is 1.94. The van der Waals surface area contributed by atoms with Crippen LogP contribution in [0, 0.1) is 5.92 Å². The summed E-state index contributed by atoms with van der Waals surface area (Å²) in [5.74, 6) is 0.0356. The number of carbonyl (C=O) groups is 2. The van der Waals surface area contributed by atoms with Crippen LogP contribution in [0.15, 0.2) is 60.7 Å². The largest absolute Gasteiger partial charge is 0.338 e. The van der Waals surface area contributed by atoms with Crippen LogP contribution in [0.25, 0.3) is 0 Å². The second-order valence-corrected chi connectivity index (χ2v) is 7.52. The maximum absolute atomic E-state index is 12.8. The van der Waals surface area contributed by atoms with Crippen molar-refractivity contribution in [2.75, 3.05) is 32.0 Å². The Morgan fingerprint density at radius 2 is 1.75 bits per heavy atom. The van der Waals surface area contributed by atoms with Gasteiger partial charge in [-0.1, -0.05) is 48.5 Å². The number of nitrogens with zero attached hydrogens (tertiary/aromatic N) is 2. The van der Waals surface area contributed by atoms with Crippen LogP contribution in [0.4, 0.5) is 5.69 Å². The summed E-state index contributed by atoms with van der Waals surface area (Å²) < 4.78 is 0. The average molecular weight is 380 g/mol. The van der Waals surface area contributed by atoms with Gasteiger partial charge >= 0.3 is 0 Å². The van der Waals surface area contributed by atoms with Crippen molar-refractivity contribution in [2.45, 2.75) is 25.8 Å². The zero-order valence-electron chi connectivity index (χ0n) is 16.7. The molecule has 1 N–H and O–H groups in total. The molecular weight excluding hydrogens is 350 g/mol. The van der Waals surface area contributed by atoms with Gasteiger partial charge in [0.2, 0.25) is 11.8 Å². The van der Waals surface area contributed by atoms with E-state index < -0.39 is 0 Å². The summed E-state index contributed by atoms with van der Waals surface area (Å²) in [6.07, 6.45) is 1.79. The Bertz CT molecular complexity index is 779. The van der Waals surface area contributed by atoms with Crippen LogP contribution in [0.1, 0.15) is 31.4 Å². The number of piperidine rings is 1. The minimum Gasteiger partial charge on any atom is -0.338 e. The zero-order valence-corrected chi connectivity index (χ0v) is 16.7. The van der Waals surface area contributed by atoms with Crippen LogP contribution in [-0.4, -0.2) is 48.3 Å². The molecule has 2 aromatic carbocycles. The first kappa shape index (κ1) is 20.1. The van der Waals surface area contributed by atoms with Gasteiger partial charge in [0.25, 0.3) is 0 Å². The highest BCUT2D eigenvalue weighted by Gasteiger charge is 2.28. The van der Waals surface area contributed by atoms with E-state index >= 15 is 0 Å². The minimum atomic E-state index is -0.0846. The number of para-hydroxylation sites is 1. The fourth-order valence-corrected chi connectivity index (χ4v) is 3.65. The number of carbonyl (C=O) groups excluding carboxylic acids is 2. The standard InChI is InChI=1S/C23H29N3O2/c1-18(19-10-5-3-6-11-19)25(2)22(27)17-26-15-9-12-20(16-26)23(28)24-21-13-7-4-8-14-21/h3-8,10-11,13-14,18,20H,9,12,15-17H2,1-2H3,(H,24,28)/t18-,20-/m1/s1. The SMILES string of the molecule is C[C@H](c1ccccc1)N(C)C(=O)CN1CCC[C@@H](C(=O)Nc2ccccc2)C1. The van der Waals surface area contributed by atoms with Crippen molar-refractivity contribution in [1.29, 1.82) is 0 Å². The van der Waals surface area contributed by atoms with Crippen LogP contribution in [-0.2, 0) is 9.59 Å². The topological polar surface area (TPSA) is 52.7 Å². The van der Waals surface area contributed by atoms with E-state index in [0.717, 1.165) is 30.6 Å². The van der Waals surface area contributed by atoms with Gasteiger partial charge in [0.05, 0.1) is 18.5 Å². The molecule has 0 aromatic heterocycles. The third kappa shape index (κ3) is 5.20. The van der Waals surface area contributed by atoms with Gasteiger partial charge in [-0.05, 0) is 44.0 Å². The fraction of sp³-hybridized carbons (Fsp3) is 0.391. The molecule has 0 aliphatic carbocycles. The first-order chi connectivity index (χ1) is 13.5. The molecule has 5 nitrogen and oxygen atoms in total. The summed E-state index contributed by atoms with van der Waals surface area (Å²) in [7, 11) is 1.85. The lowest BCUT2D eigenvalue weighted by molar-refractivity contribution is -0.134. The van der Waals surface area contributed by atoms with E-state index in [1.54, 1.807) is 4.90 Å². The zero-order chi connectivity index (χ0) is 19.9. The highest BCUT2D eigenvalue weighted by atomic mass is 16.2. The van der Waals surface area contributed by atoms with Gasteiger partial charge in [-0.15, -0.1) is 0 Å². The molecule has 1 saturated heterocycles. The number of likely N-dealkylation sites (N-methyl/N-ethyl adjacent to an activating group) is 1. The highest BCUT2D eigenvalue weighted by molar-refractivity contribution is 5.92. The Hall–Kier alpha value is -2.66. The van der Waals surface area contributed by atoms with E-state index in [1.165, 1.54) is 0 Å². The predicted octanol–water partition coefficient (Wildman–Crippen LogP) is 3.56. The van der Waals surface area contributed by atoms with Crippen molar-refractivity contribution in [3.05, 3.63) is 66.2 Å². The maximum Gasteiger partial charge on any atom is 0.236 e. The summed E-state index contributed by atoms with van der Waals surface area (Å²) in [4.78, 5) is 29.3. The van der Waals surface area contributed by atoms with Crippen molar-refractivity contribution in [2.24, 2.45) is 5.92 Å². The number of rotatable bonds is 6. The van der Waals surface area contributed by atoms with Crippen LogP contribution >= 0.6 is 0 Å². The normalized spacial score (nSPS) is 18.3. The molecule has 148 valence electrons. The van der Waals surface area contributed by atoms with Gasteiger partial charge in [-0.25, -0.2) is 0 Å². The summed E-state index contributed by atoms with van der Waals surface area (Å²) in [5, 5.41) is 2.99. The summed E-state index contributed by atoms with van der Waals surface area (Å²) >= 11 is 0. The highest BCUT2D eigenvalue weighted by Crippen LogP contribution is 2.21. The van der Waals surface area contributed by atoms with Gasteiger partial charge in [0, 0.05) is 19.3 Å². The molecule has 0 radical (unpaired) electrons. The predicted molar refractivity (Wildman–Crippen MR) is 112 cm³/mol. The molecule has 1 aliphatic heterocycles. The van der Waals surface area contributed by atoms with E-state index in [2.05, 4.69) is 10.2 Å². The Morgan fingerprint density at radius 1 is 1.11 bits per heavy atom. The van der Waals surface area contributed by atoms with Gasteiger partial charge < -0.3 is 10.2 Å². The summed E-state index contributed by atoms with van der Waals surface area (Å²) in [6.45, 7) is 3.87. The van der Waals surface area contributed by atoms with Gasteiger partial charge in [0.1, 0.15) is 0 Å². The lowest BCUT2D eigenvalue weighted by Crippen LogP contribution is -2.46. The number of hydrogen-bond acceptors (Lipinski definition) is 3. The molecule has 5 heteroatoms. The maximum atomic E-state index is 12.8. The Balaban J connectivity index is 1.54. The Labute approximate surface area is 167 Å². The van der Waals surface area contributed by atoms with Crippen molar-refractivity contribution in [3.8, 4) is 0 Å². The molecule has 0 bridgehead atoms. The van der Waals surface area contributed by atoms with Crippen LogP contribution in [0.3, 0.4) is 0 Å². The quantitative estimate of drug-likeness (QED) is 0.835. The molecule has 0 unspecified atom stereocenters. The monoisotopic (exact) mass is 379 g/mol. The van der Waals surface area contributed by atoms with E-state index in [1.807, 2.05) is 74.6 Å². The lowest BCUT2D eigenvalue weighted by atomic mass is 9.97. The van der Waals surface area contributed by atoms with Crippen LogP contribution in [0.2, 0.25) is 0 Å². The van der Waals surface area contributed by atoms with E-state index in [4.69, 9.17) is 0 Å². The van der Waals surface area contributed by atoms with E-state index in [-0.39, 0.29) is 23.8 Å². The van der Waals surface area contributed by atoms with Crippen molar-refractivity contribution in [3.63, 3.8) is 0 Å². The number of nitrogens with one attached hydrogen (secondary N) is 1. The lowest BCUT2D eigenvalue weighted by Gasteiger charge is -2.33. The minimum absolute atomic E-state index is 0.0238. The number of benzene rings is 2. The van der Waals surface area contributed by atoms with Crippen LogP contribution < -0.4 is 5.32 Å². The van der Waals surface area contributed by atoms with E-state index in [9.17, 15) is 9.59 Å². The second kappa shape index (κ2) is 9.51. The number of amides is 2. The number of anilines is 1. The molecule has 3 rings (SSSR count). The third-order valence-electron chi connectivity index (χ3n) is 5.53. The molecule has 1 heterocycles. The van der Waals surface area contributed by atoms with Gasteiger partial charge in [0.15, 0.2) is 0 Å². The van der Waals surface area contributed by atoms with Crippen molar-refractivity contribution < 1.29 is 9.59 Å². The van der Waals surface area contributed by atoms with E-state index in [0.29, 0.717) is 13.1 Å². The third-order valence-corrected chi connectivity index (χ3v) is 5.53. The average Bonchev–Trinajstić information content (AvgIpc) is 2.74. The van der Waals surface area contributed by atoms with Gasteiger partial charge in [-0.3, -0.25) is 14.5 Å². The molecule has 0 spiro atoms. The molecule has 1 fully saturated rings. The number of hydrogen-bond donors (Lipinski definition) is 1. The molecule has 28 heavy (non-hydrogen) atoms. The first-order valence-corrected chi connectivity index (χ1v) is 9.93. The Morgan fingerprint density at radius 3 is 2.43 bits per heavy atom. The van der Waals surface area contributed by atoms with Crippen molar-refractivity contribution in [1.82, 2.24) is 9.80 Å². The molecule has 2 atom stereocenters. The molecular formula is C23H29N3O2. The number of likely N-dealkylation sites (tertiary alicyclic amines) is 1. The second-order valence-electron chi connectivity index (χ2n) is 7.52. The van der Waals surface area contributed by atoms with Crippen LogP contribution in [0.5, 0.6) is 0 Å². The van der Waals surface area contributed by atoms with Gasteiger partial charge in [-0.2, -0.15) is 0 Å². The fourth-order valence-electron chi connectivity index (χ4n) is 3.65. The molecule has 0 saturated carbocycles. The molecule has 2 aromatic rings. The molecule has 1 aliphatic rings.